The third-order valence-corrected chi connectivity index (χ3v) is 1.77. The van der Waals surface area contributed by atoms with Crippen molar-refractivity contribution in [1.82, 2.24) is 15.4 Å². The summed E-state index contributed by atoms with van der Waals surface area (Å²) in [7, 11) is 0. The van der Waals surface area contributed by atoms with E-state index in [4.69, 9.17) is 5.73 Å². The van der Waals surface area contributed by atoms with Crippen LogP contribution in [0.4, 0.5) is 5.82 Å². The fourth-order valence-electron chi connectivity index (χ4n) is 1.03. The van der Waals surface area contributed by atoms with E-state index >= 15 is 0 Å². The van der Waals surface area contributed by atoms with Crippen molar-refractivity contribution in [2.24, 2.45) is 5.73 Å². The maximum atomic E-state index is 11.1. The molecular formula is C11H13N5O. The molecule has 0 atom stereocenters. The Morgan fingerprint density at radius 2 is 2.06 bits per heavy atom. The van der Waals surface area contributed by atoms with Gasteiger partial charge in [0, 0.05) is 12.4 Å². The van der Waals surface area contributed by atoms with Crippen LogP contribution >= 0.6 is 0 Å². The average molecular weight is 231 g/mol. The van der Waals surface area contributed by atoms with E-state index in [0.29, 0.717) is 5.70 Å². The Morgan fingerprint density at radius 3 is 2.65 bits per heavy atom. The Morgan fingerprint density at radius 1 is 1.35 bits per heavy atom. The van der Waals surface area contributed by atoms with Crippen LogP contribution in [0.5, 0.6) is 0 Å². The van der Waals surface area contributed by atoms with Crippen molar-refractivity contribution in [3.8, 4) is 0 Å². The normalized spacial score (nSPS) is 10.5. The first-order chi connectivity index (χ1) is 8.19. The molecule has 1 amide bonds. The van der Waals surface area contributed by atoms with E-state index in [1.54, 1.807) is 18.2 Å². The summed E-state index contributed by atoms with van der Waals surface area (Å²) in [4.78, 5) is 18.8. The van der Waals surface area contributed by atoms with E-state index in [1.165, 1.54) is 12.4 Å². The molecule has 0 bridgehead atoms. The smallest absolute Gasteiger partial charge is 0.271 e. The number of allylic oxidation sites excluding steroid dienone is 3. The second-order valence-corrected chi connectivity index (χ2v) is 2.93. The molecule has 0 spiro atoms. The van der Waals surface area contributed by atoms with E-state index < -0.39 is 5.91 Å². The molecule has 17 heavy (non-hydrogen) atoms. The van der Waals surface area contributed by atoms with E-state index in [-0.39, 0.29) is 11.5 Å². The summed E-state index contributed by atoms with van der Waals surface area (Å²) in [6.45, 7) is 7.16. The molecule has 0 unspecified atom stereocenters. The molecule has 1 rings (SSSR count). The first-order valence-electron chi connectivity index (χ1n) is 4.77. The SMILES string of the molecule is C=C/C=C(\C=C)NNc1nccnc1C(N)=O. The zero-order chi connectivity index (χ0) is 12.7. The molecule has 1 heterocycles. The minimum absolute atomic E-state index is 0.0574. The van der Waals surface area contributed by atoms with Gasteiger partial charge in [-0.3, -0.25) is 15.6 Å². The zero-order valence-corrected chi connectivity index (χ0v) is 9.18. The third kappa shape index (κ3) is 3.45. The number of anilines is 1. The Hall–Kier alpha value is -2.63. The van der Waals surface area contributed by atoms with Gasteiger partial charge in [-0.05, 0) is 12.2 Å². The maximum absolute atomic E-state index is 11.1. The van der Waals surface area contributed by atoms with Crippen LogP contribution in [0, 0.1) is 0 Å². The summed E-state index contributed by atoms with van der Waals surface area (Å²) < 4.78 is 0. The van der Waals surface area contributed by atoms with Crippen molar-refractivity contribution in [2.75, 3.05) is 5.43 Å². The fourth-order valence-corrected chi connectivity index (χ4v) is 1.03. The van der Waals surface area contributed by atoms with Gasteiger partial charge >= 0.3 is 0 Å². The monoisotopic (exact) mass is 231 g/mol. The van der Waals surface area contributed by atoms with Crippen molar-refractivity contribution in [2.45, 2.75) is 0 Å². The summed E-state index contributed by atoms with van der Waals surface area (Å²) in [5.74, 6) is -0.410. The lowest BCUT2D eigenvalue weighted by molar-refractivity contribution is 0.0996. The third-order valence-electron chi connectivity index (χ3n) is 1.77. The number of nitrogens with two attached hydrogens (primary N) is 1. The Bertz CT molecular complexity index is 467. The number of hydrogen-bond acceptors (Lipinski definition) is 5. The fraction of sp³-hybridized carbons (Fsp3) is 0. The minimum atomic E-state index is -0.657. The minimum Gasteiger partial charge on any atom is -0.364 e. The molecule has 0 aliphatic heterocycles. The van der Waals surface area contributed by atoms with Gasteiger partial charge in [-0.1, -0.05) is 19.2 Å². The standard InChI is InChI=1S/C11H13N5O/c1-3-5-8(4-2)15-16-11-9(10(12)17)13-6-7-14-11/h3-7,15H,1-2H2,(H2,12,17)(H,14,16)/b8-5+. The number of amides is 1. The highest BCUT2D eigenvalue weighted by Gasteiger charge is 2.09. The van der Waals surface area contributed by atoms with Crippen LogP contribution in [-0.2, 0) is 0 Å². The molecule has 0 fully saturated rings. The lowest BCUT2D eigenvalue weighted by atomic mass is 10.4. The van der Waals surface area contributed by atoms with Crippen LogP contribution in [0.2, 0.25) is 0 Å². The molecule has 0 aliphatic rings. The molecule has 0 aromatic carbocycles. The first kappa shape index (κ1) is 12.4. The average Bonchev–Trinajstić information content (AvgIpc) is 2.34. The molecule has 4 N–H and O–H groups in total. The zero-order valence-electron chi connectivity index (χ0n) is 9.18. The lowest BCUT2D eigenvalue weighted by Gasteiger charge is -2.10. The molecule has 0 radical (unpaired) electrons. The number of carbonyl (C=O) groups excluding carboxylic acids is 1. The largest absolute Gasteiger partial charge is 0.364 e. The molecule has 1 aromatic rings. The number of carbonyl (C=O) groups is 1. The Kier molecular flexibility index (Phi) is 4.44. The van der Waals surface area contributed by atoms with Gasteiger partial charge in [-0.2, -0.15) is 0 Å². The van der Waals surface area contributed by atoms with Gasteiger partial charge in [0.25, 0.3) is 5.91 Å². The number of aromatic nitrogens is 2. The predicted molar refractivity (Wildman–Crippen MR) is 65.8 cm³/mol. The highest BCUT2D eigenvalue weighted by Crippen LogP contribution is 2.06. The topological polar surface area (TPSA) is 92.9 Å². The van der Waals surface area contributed by atoms with Crippen LogP contribution in [0.25, 0.3) is 0 Å². The van der Waals surface area contributed by atoms with Gasteiger partial charge in [0.1, 0.15) is 0 Å². The second kappa shape index (κ2) is 6.06. The van der Waals surface area contributed by atoms with Crippen LogP contribution in [0.1, 0.15) is 10.5 Å². The van der Waals surface area contributed by atoms with Gasteiger partial charge in [-0.15, -0.1) is 0 Å². The highest BCUT2D eigenvalue weighted by molar-refractivity contribution is 5.95. The van der Waals surface area contributed by atoms with Crippen molar-refractivity contribution in [3.63, 3.8) is 0 Å². The lowest BCUT2D eigenvalue weighted by Crippen LogP contribution is -2.24. The van der Waals surface area contributed by atoms with Gasteiger partial charge in [0.05, 0.1) is 5.70 Å². The van der Waals surface area contributed by atoms with Crippen molar-refractivity contribution in [3.05, 3.63) is 55.2 Å². The summed E-state index contributed by atoms with van der Waals surface area (Å²) in [6.07, 6.45) is 7.70. The van der Waals surface area contributed by atoms with Crippen molar-refractivity contribution >= 4 is 11.7 Å². The quantitative estimate of drug-likeness (QED) is 0.496. The molecular weight excluding hydrogens is 218 g/mol. The van der Waals surface area contributed by atoms with Gasteiger partial charge in [0.2, 0.25) is 0 Å². The molecule has 0 aliphatic carbocycles. The number of nitrogens with one attached hydrogen (secondary N) is 2. The number of hydrogen-bond donors (Lipinski definition) is 3. The van der Waals surface area contributed by atoms with Crippen LogP contribution in [-0.4, -0.2) is 15.9 Å². The van der Waals surface area contributed by atoms with E-state index in [9.17, 15) is 4.79 Å². The predicted octanol–water partition coefficient (Wildman–Crippen LogP) is 0.748. The first-order valence-corrected chi connectivity index (χ1v) is 4.77. The number of nitrogens with zero attached hydrogens (tertiary/aromatic N) is 2. The van der Waals surface area contributed by atoms with Crippen LogP contribution in [0.15, 0.2) is 49.5 Å². The van der Waals surface area contributed by atoms with Crippen molar-refractivity contribution in [1.29, 1.82) is 0 Å². The van der Waals surface area contributed by atoms with E-state index in [2.05, 4.69) is 34.0 Å². The number of rotatable bonds is 6. The summed E-state index contributed by atoms with van der Waals surface area (Å²) in [5.41, 5.74) is 11.4. The maximum Gasteiger partial charge on any atom is 0.271 e. The highest BCUT2D eigenvalue weighted by atomic mass is 16.1. The van der Waals surface area contributed by atoms with Gasteiger partial charge in [0.15, 0.2) is 11.5 Å². The Labute approximate surface area is 98.9 Å². The second-order valence-electron chi connectivity index (χ2n) is 2.93. The van der Waals surface area contributed by atoms with Crippen molar-refractivity contribution < 1.29 is 4.79 Å². The van der Waals surface area contributed by atoms with E-state index in [0.717, 1.165) is 0 Å². The molecule has 88 valence electrons. The van der Waals surface area contributed by atoms with Gasteiger partial charge in [-0.25, -0.2) is 9.97 Å². The van der Waals surface area contributed by atoms with Crippen LogP contribution < -0.4 is 16.6 Å². The van der Waals surface area contributed by atoms with E-state index in [1.807, 2.05) is 0 Å². The van der Waals surface area contributed by atoms with Gasteiger partial charge < -0.3 is 5.73 Å². The summed E-state index contributed by atoms with van der Waals surface area (Å²) in [6, 6.07) is 0. The number of hydrazine groups is 1. The molecule has 1 aromatic heterocycles. The molecule has 6 heteroatoms. The summed E-state index contributed by atoms with van der Waals surface area (Å²) in [5, 5.41) is 0. The molecule has 0 saturated heterocycles. The molecule has 6 nitrogen and oxygen atoms in total. The summed E-state index contributed by atoms with van der Waals surface area (Å²) >= 11 is 0. The molecule has 0 saturated carbocycles. The van der Waals surface area contributed by atoms with Crippen LogP contribution in [0.3, 0.4) is 0 Å². The number of primary amides is 1. The Balaban J connectivity index is 2.82.